The maximum absolute atomic E-state index is 12.0. The number of hydrogen-bond acceptors (Lipinski definition) is 5. The number of carbonyl (C=O) groups excluding carboxylic acids is 1. The van der Waals surface area contributed by atoms with Crippen molar-refractivity contribution in [3.63, 3.8) is 0 Å². The molecule has 0 fully saturated rings. The van der Waals surface area contributed by atoms with Crippen LogP contribution in [0.2, 0.25) is 0 Å². The Kier molecular flexibility index (Phi) is 13.9. The second-order valence-electron chi connectivity index (χ2n) is 8.81. The van der Waals surface area contributed by atoms with Crippen molar-refractivity contribution in [1.29, 1.82) is 0 Å². The normalized spacial score (nSPS) is 11.0. The van der Waals surface area contributed by atoms with Gasteiger partial charge in [0.1, 0.15) is 11.5 Å². The largest absolute Gasteiger partial charge is 0.494 e. The molecule has 0 unspecified atom stereocenters. The first-order valence-electron chi connectivity index (χ1n) is 13.0. The minimum atomic E-state index is -0.550. The Morgan fingerprint density at radius 3 is 1.83 bits per heavy atom. The van der Waals surface area contributed by atoms with Gasteiger partial charge in [-0.3, -0.25) is 10.1 Å². The van der Waals surface area contributed by atoms with Crippen LogP contribution in [-0.4, -0.2) is 17.5 Å². The molecule has 0 aliphatic heterocycles. The Morgan fingerprint density at radius 2 is 1.29 bits per heavy atom. The van der Waals surface area contributed by atoms with Crippen LogP contribution in [0.25, 0.3) is 6.08 Å². The van der Waals surface area contributed by atoms with Gasteiger partial charge in [-0.2, -0.15) is 0 Å². The number of esters is 1. The second-order valence-corrected chi connectivity index (χ2v) is 8.81. The quantitative estimate of drug-likeness (QED) is 0.0534. The number of benzene rings is 2. The summed E-state index contributed by atoms with van der Waals surface area (Å²) in [6.07, 6.45) is 18.9. The highest BCUT2D eigenvalue weighted by atomic mass is 16.6. The monoisotopic (exact) mass is 481 g/mol. The SMILES string of the molecule is CCCCCCCCCCCCCCOc1ccc(C=CC(=O)Oc2ccc([N+](=O)[O-])cc2)cc1. The summed E-state index contributed by atoms with van der Waals surface area (Å²) >= 11 is 0. The number of nitro benzene ring substituents is 1. The van der Waals surface area contributed by atoms with Crippen molar-refractivity contribution < 1.29 is 19.2 Å². The summed E-state index contributed by atoms with van der Waals surface area (Å²) in [4.78, 5) is 22.1. The predicted octanol–water partition coefficient (Wildman–Crippen LogP) is 8.29. The molecule has 0 bridgehead atoms. The molecular formula is C29H39NO5. The van der Waals surface area contributed by atoms with Crippen molar-refractivity contribution >= 4 is 17.7 Å². The number of non-ortho nitro benzene ring substituents is 1. The molecular weight excluding hydrogens is 442 g/mol. The zero-order valence-electron chi connectivity index (χ0n) is 21.0. The summed E-state index contributed by atoms with van der Waals surface area (Å²) in [5.41, 5.74) is 0.796. The van der Waals surface area contributed by atoms with Crippen LogP contribution in [0, 0.1) is 10.1 Å². The highest BCUT2D eigenvalue weighted by Crippen LogP contribution is 2.18. The second kappa shape index (κ2) is 17.3. The van der Waals surface area contributed by atoms with E-state index in [0.717, 1.165) is 17.7 Å². The van der Waals surface area contributed by atoms with E-state index in [4.69, 9.17) is 9.47 Å². The topological polar surface area (TPSA) is 78.7 Å². The summed E-state index contributed by atoms with van der Waals surface area (Å²) in [6, 6.07) is 12.9. The first-order valence-corrected chi connectivity index (χ1v) is 13.0. The van der Waals surface area contributed by atoms with Gasteiger partial charge in [-0.15, -0.1) is 0 Å². The van der Waals surface area contributed by atoms with Gasteiger partial charge in [0.15, 0.2) is 0 Å². The van der Waals surface area contributed by atoms with Crippen LogP contribution < -0.4 is 9.47 Å². The van der Waals surface area contributed by atoms with E-state index in [1.807, 2.05) is 24.3 Å². The lowest BCUT2D eigenvalue weighted by atomic mass is 10.1. The summed E-state index contributed by atoms with van der Waals surface area (Å²) < 4.78 is 11.0. The summed E-state index contributed by atoms with van der Waals surface area (Å²) in [7, 11) is 0. The van der Waals surface area contributed by atoms with E-state index in [9.17, 15) is 14.9 Å². The van der Waals surface area contributed by atoms with Crippen molar-refractivity contribution in [3.8, 4) is 11.5 Å². The average Bonchev–Trinajstić information content (AvgIpc) is 2.86. The Labute approximate surface area is 209 Å². The van der Waals surface area contributed by atoms with Crippen LogP contribution in [0.1, 0.15) is 89.5 Å². The highest BCUT2D eigenvalue weighted by molar-refractivity contribution is 5.88. The van der Waals surface area contributed by atoms with E-state index in [-0.39, 0.29) is 11.4 Å². The fraction of sp³-hybridized carbons (Fsp3) is 0.483. The van der Waals surface area contributed by atoms with E-state index in [2.05, 4.69) is 6.92 Å². The number of rotatable bonds is 18. The first-order chi connectivity index (χ1) is 17.1. The molecule has 0 N–H and O–H groups in total. The van der Waals surface area contributed by atoms with Crippen LogP contribution >= 0.6 is 0 Å². The van der Waals surface area contributed by atoms with Crippen LogP contribution in [0.4, 0.5) is 5.69 Å². The zero-order chi connectivity index (χ0) is 25.1. The zero-order valence-corrected chi connectivity index (χ0v) is 21.0. The van der Waals surface area contributed by atoms with Crippen LogP contribution in [0.3, 0.4) is 0 Å². The number of hydrogen-bond donors (Lipinski definition) is 0. The molecule has 2 aromatic rings. The van der Waals surface area contributed by atoms with Gasteiger partial charge in [0, 0.05) is 18.2 Å². The van der Waals surface area contributed by atoms with E-state index in [0.29, 0.717) is 6.61 Å². The fourth-order valence-electron chi connectivity index (χ4n) is 3.76. The number of ether oxygens (including phenoxy) is 2. The molecule has 190 valence electrons. The van der Waals surface area contributed by atoms with Crippen LogP contribution in [0.5, 0.6) is 11.5 Å². The third-order valence-electron chi connectivity index (χ3n) is 5.82. The molecule has 2 aromatic carbocycles. The first kappa shape index (κ1) is 28.1. The van der Waals surface area contributed by atoms with E-state index < -0.39 is 10.9 Å². The lowest BCUT2D eigenvalue weighted by Gasteiger charge is -2.07. The Morgan fingerprint density at radius 1 is 0.771 bits per heavy atom. The van der Waals surface area contributed by atoms with Gasteiger partial charge >= 0.3 is 5.97 Å². The molecule has 0 aromatic heterocycles. The van der Waals surface area contributed by atoms with Crippen molar-refractivity contribution in [2.45, 2.75) is 84.0 Å². The Balaban J connectivity index is 1.54. The maximum atomic E-state index is 12.0. The molecule has 0 saturated heterocycles. The smallest absolute Gasteiger partial charge is 0.336 e. The average molecular weight is 482 g/mol. The molecule has 0 heterocycles. The van der Waals surface area contributed by atoms with E-state index in [1.165, 1.54) is 101 Å². The third-order valence-corrected chi connectivity index (χ3v) is 5.82. The van der Waals surface area contributed by atoms with Gasteiger partial charge in [0.05, 0.1) is 11.5 Å². The molecule has 0 aliphatic rings. The van der Waals surface area contributed by atoms with E-state index in [1.54, 1.807) is 6.08 Å². The number of nitro groups is 1. The summed E-state index contributed by atoms with van der Waals surface area (Å²) in [5.74, 6) is 0.525. The van der Waals surface area contributed by atoms with Crippen LogP contribution in [0.15, 0.2) is 54.6 Å². The summed E-state index contributed by atoms with van der Waals surface area (Å²) in [5, 5.41) is 10.7. The lowest BCUT2D eigenvalue weighted by Crippen LogP contribution is -2.03. The highest BCUT2D eigenvalue weighted by Gasteiger charge is 2.06. The molecule has 6 nitrogen and oxygen atoms in total. The van der Waals surface area contributed by atoms with Crippen LogP contribution in [-0.2, 0) is 4.79 Å². The van der Waals surface area contributed by atoms with Crippen molar-refractivity contribution in [3.05, 3.63) is 70.3 Å². The Hall–Kier alpha value is -3.15. The van der Waals surface area contributed by atoms with Gasteiger partial charge in [-0.1, -0.05) is 89.7 Å². The number of nitrogens with zero attached hydrogens (tertiary/aromatic N) is 1. The van der Waals surface area contributed by atoms with Gasteiger partial charge in [-0.05, 0) is 42.3 Å². The van der Waals surface area contributed by atoms with Gasteiger partial charge in [0.25, 0.3) is 5.69 Å². The standard InChI is InChI=1S/C29H39NO5/c1-2-3-4-5-6-7-8-9-10-11-12-13-24-34-27-19-14-25(15-20-27)16-23-29(31)35-28-21-17-26(18-22-28)30(32)33/h14-23H,2-13,24H2,1H3. The fourth-order valence-corrected chi connectivity index (χ4v) is 3.76. The van der Waals surface area contributed by atoms with Gasteiger partial charge in [0.2, 0.25) is 0 Å². The molecule has 0 spiro atoms. The number of carbonyl (C=O) groups is 1. The molecule has 2 rings (SSSR count). The van der Waals surface area contributed by atoms with Crippen molar-refractivity contribution in [1.82, 2.24) is 0 Å². The molecule has 6 heteroatoms. The molecule has 0 radical (unpaired) electrons. The van der Waals surface area contributed by atoms with E-state index >= 15 is 0 Å². The van der Waals surface area contributed by atoms with Crippen molar-refractivity contribution in [2.75, 3.05) is 6.61 Å². The Bertz CT molecular complexity index is 890. The molecule has 0 saturated carbocycles. The minimum Gasteiger partial charge on any atom is -0.494 e. The molecule has 35 heavy (non-hydrogen) atoms. The maximum Gasteiger partial charge on any atom is 0.336 e. The third kappa shape index (κ3) is 12.8. The van der Waals surface area contributed by atoms with Gasteiger partial charge in [-0.25, -0.2) is 4.79 Å². The predicted molar refractivity (Wildman–Crippen MR) is 141 cm³/mol. The minimum absolute atomic E-state index is 0.0542. The number of unbranched alkanes of at least 4 members (excludes halogenated alkanes) is 11. The van der Waals surface area contributed by atoms with Gasteiger partial charge < -0.3 is 9.47 Å². The van der Waals surface area contributed by atoms with Crippen molar-refractivity contribution in [2.24, 2.45) is 0 Å². The molecule has 0 atom stereocenters. The lowest BCUT2D eigenvalue weighted by molar-refractivity contribution is -0.384. The summed E-state index contributed by atoms with van der Waals surface area (Å²) in [6.45, 7) is 2.98. The molecule has 0 aliphatic carbocycles. The molecule has 0 amide bonds.